The number of hydrogen-bond acceptors (Lipinski definition) is 3. The molecule has 130 valence electrons. The molecule has 1 aliphatic carbocycles. The van der Waals surface area contributed by atoms with Crippen molar-refractivity contribution < 1.29 is 18.0 Å². The molecule has 0 radical (unpaired) electrons. The second kappa shape index (κ2) is 6.52. The number of amides is 1. The summed E-state index contributed by atoms with van der Waals surface area (Å²) in [5, 5.41) is 12.5. The maximum absolute atomic E-state index is 12.8. The molecule has 0 aliphatic heterocycles. The summed E-state index contributed by atoms with van der Waals surface area (Å²) in [6.07, 6.45) is -1.84. The van der Waals surface area contributed by atoms with Gasteiger partial charge in [-0.2, -0.15) is 18.4 Å². The number of fused-ring (bicyclic) bond motifs is 1. The predicted molar refractivity (Wildman–Crippen MR) is 89.6 cm³/mol. The van der Waals surface area contributed by atoms with Crippen LogP contribution in [0, 0.1) is 17.2 Å². The van der Waals surface area contributed by atoms with Gasteiger partial charge in [-0.15, -0.1) is 11.3 Å². The van der Waals surface area contributed by atoms with Crippen LogP contribution < -0.4 is 5.32 Å². The first-order valence-corrected chi connectivity index (χ1v) is 8.64. The number of nitrogens with zero attached hydrogens (tertiary/aromatic N) is 1. The van der Waals surface area contributed by atoms with Crippen LogP contribution in [0.5, 0.6) is 0 Å². The van der Waals surface area contributed by atoms with Gasteiger partial charge in [0.25, 0.3) is 5.91 Å². The fourth-order valence-electron chi connectivity index (χ4n) is 2.98. The third-order valence-corrected chi connectivity index (χ3v) is 5.51. The molecular formula is C18H15F3N2OS. The highest BCUT2D eigenvalue weighted by Crippen LogP contribution is 2.39. The van der Waals surface area contributed by atoms with E-state index < -0.39 is 17.6 Å². The Morgan fingerprint density at radius 2 is 2.16 bits per heavy atom. The van der Waals surface area contributed by atoms with Crippen LogP contribution in [0.4, 0.5) is 18.2 Å². The highest BCUT2D eigenvalue weighted by atomic mass is 32.1. The average Bonchev–Trinajstić information content (AvgIpc) is 2.90. The molecular weight excluding hydrogens is 349 g/mol. The zero-order valence-corrected chi connectivity index (χ0v) is 14.2. The van der Waals surface area contributed by atoms with Crippen molar-refractivity contribution in [2.24, 2.45) is 5.92 Å². The third kappa shape index (κ3) is 3.54. The van der Waals surface area contributed by atoms with Gasteiger partial charge in [-0.05, 0) is 48.9 Å². The number of nitriles is 1. The number of anilines is 1. The van der Waals surface area contributed by atoms with E-state index in [1.54, 1.807) is 0 Å². The average molecular weight is 364 g/mol. The standard InChI is InChI=1S/C18H15F3N2OS/c1-10-5-6-15-13(7-10)14(9-22)17(25-15)23-16(24)11-3-2-4-12(8-11)18(19,20)21/h2-4,8,10H,5-7H2,1H3,(H,23,24)/t10-/m0/s1. The Labute approximate surface area is 147 Å². The normalized spacial score (nSPS) is 16.8. The van der Waals surface area contributed by atoms with Crippen LogP contribution in [0.2, 0.25) is 0 Å². The summed E-state index contributed by atoms with van der Waals surface area (Å²) < 4.78 is 38.4. The van der Waals surface area contributed by atoms with E-state index in [1.807, 2.05) is 0 Å². The minimum absolute atomic E-state index is 0.0848. The Kier molecular flexibility index (Phi) is 4.56. The van der Waals surface area contributed by atoms with Gasteiger partial charge in [0.2, 0.25) is 0 Å². The largest absolute Gasteiger partial charge is 0.416 e. The summed E-state index contributed by atoms with van der Waals surface area (Å²) in [4.78, 5) is 13.4. The van der Waals surface area contributed by atoms with Gasteiger partial charge in [0.15, 0.2) is 0 Å². The van der Waals surface area contributed by atoms with Crippen LogP contribution in [0.15, 0.2) is 24.3 Å². The molecule has 1 amide bonds. The molecule has 7 heteroatoms. The first kappa shape index (κ1) is 17.5. The molecule has 0 saturated carbocycles. The van der Waals surface area contributed by atoms with Crippen molar-refractivity contribution >= 4 is 22.2 Å². The van der Waals surface area contributed by atoms with E-state index in [0.717, 1.165) is 41.8 Å². The number of benzene rings is 1. The Hall–Kier alpha value is -2.33. The number of hydrogen-bond donors (Lipinski definition) is 1. The quantitative estimate of drug-likeness (QED) is 0.814. The maximum Gasteiger partial charge on any atom is 0.416 e. The zero-order valence-electron chi connectivity index (χ0n) is 13.4. The fraction of sp³-hybridized carbons (Fsp3) is 0.333. The predicted octanol–water partition coefficient (Wildman–Crippen LogP) is 5.02. The summed E-state index contributed by atoms with van der Waals surface area (Å²) in [6.45, 7) is 2.11. The Morgan fingerprint density at radius 3 is 2.84 bits per heavy atom. The van der Waals surface area contributed by atoms with Crippen molar-refractivity contribution in [2.45, 2.75) is 32.4 Å². The minimum Gasteiger partial charge on any atom is -0.312 e. The van der Waals surface area contributed by atoms with Crippen LogP contribution in [0.25, 0.3) is 0 Å². The van der Waals surface area contributed by atoms with E-state index in [4.69, 9.17) is 0 Å². The molecule has 3 nitrogen and oxygen atoms in total. The Morgan fingerprint density at radius 1 is 1.40 bits per heavy atom. The third-order valence-electron chi connectivity index (χ3n) is 4.30. The van der Waals surface area contributed by atoms with E-state index in [1.165, 1.54) is 23.5 Å². The van der Waals surface area contributed by atoms with Gasteiger partial charge in [-0.25, -0.2) is 0 Å². The van der Waals surface area contributed by atoms with Crippen molar-refractivity contribution in [3.63, 3.8) is 0 Å². The molecule has 1 aromatic carbocycles. The SMILES string of the molecule is C[C@H]1CCc2sc(NC(=O)c3cccc(C(F)(F)F)c3)c(C#N)c2C1. The van der Waals surface area contributed by atoms with Crippen LogP contribution in [-0.2, 0) is 19.0 Å². The highest BCUT2D eigenvalue weighted by molar-refractivity contribution is 7.16. The van der Waals surface area contributed by atoms with Gasteiger partial charge in [0, 0.05) is 10.4 Å². The van der Waals surface area contributed by atoms with Gasteiger partial charge in [-0.1, -0.05) is 13.0 Å². The second-order valence-corrected chi connectivity index (χ2v) is 7.31. The molecule has 1 N–H and O–H groups in total. The van der Waals surface area contributed by atoms with E-state index in [0.29, 0.717) is 16.5 Å². The van der Waals surface area contributed by atoms with Crippen LogP contribution in [0.1, 0.15) is 45.3 Å². The molecule has 25 heavy (non-hydrogen) atoms. The van der Waals surface area contributed by atoms with Crippen LogP contribution in [0.3, 0.4) is 0 Å². The maximum atomic E-state index is 12.8. The molecule has 1 aromatic heterocycles. The number of halogens is 3. The number of alkyl halides is 3. The van der Waals surface area contributed by atoms with Crippen molar-refractivity contribution in [3.8, 4) is 6.07 Å². The lowest BCUT2D eigenvalue weighted by Gasteiger charge is -2.17. The van der Waals surface area contributed by atoms with Crippen molar-refractivity contribution in [2.75, 3.05) is 5.32 Å². The molecule has 0 bridgehead atoms. The van der Waals surface area contributed by atoms with E-state index in [9.17, 15) is 23.2 Å². The van der Waals surface area contributed by atoms with Gasteiger partial charge in [0.1, 0.15) is 11.1 Å². The molecule has 0 fully saturated rings. The molecule has 1 atom stereocenters. The monoisotopic (exact) mass is 364 g/mol. The van der Waals surface area contributed by atoms with E-state index >= 15 is 0 Å². The lowest BCUT2D eigenvalue weighted by molar-refractivity contribution is -0.137. The number of aryl methyl sites for hydroxylation is 1. The molecule has 0 unspecified atom stereocenters. The number of thiophene rings is 1. The smallest absolute Gasteiger partial charge is 0.312 e. The Bertz CT molecular complexity index is 864. The van der Waals surface area contributed by atoms with Crippen molar-refractivity contribution in [1.29, 1.82) is 5.26 Å². The Balaban J connectivity index is 1.89. The molecule has 1 aliphatic rings. The van der Waals surface area contributed by atoms with Crippen molar-refractivity contribution in [3.05, 3.63) is 51.4 Å². The molecule has 0 saturated heterocycles. The van der Waals surface area contributed by atoms with E-state index in [-0.39, 0.29) is 5.56 Å². The molecule has 0 spiro atoms. The lowest BCUT2D eigenvalue weighted by atomic mass is 9.88. The summed E-state index contributed by atoms with van der Waals surface area (Å²) in [7, 11) is 0. The summed E-state index contributed by atoms with van der Waals surface area (Å²) in [5.74, 6) is -0.171. The minimum atomic E-state index is -4.51. The molecule has 2 aromatic rings. The molecule has 1 heterocycles. The number of carbonyl (C=O) groups is 1. The highest BCUT2D eigenvalue weighted by Gasteiger charge is 2.31. The van der Waals surface area contributed by atoms with E-state index in [2.05, 4.69) is 18.3 Å². The first-order chi connectivity index (χ1) is 11.8. The lowest BCUT2D eigenvalue weighted by Crippen LogP contribution is -2.14. The van der Waals surface area contributed by atoms with Crippen LogP contribution >= 0.6 is 11.3 Å². The van der Waals surface area contributed by atoms with Gasteiger partial charge in [-0.3, -0.25) is 4.79 Å². The summed E-state index contributed by atoms with van der Waals surface area (Å²) in [6, 6.07) is 6.39. The zero-order chi connectivity index (χ0) is 18.2. The summed E-state index contributed by atoms with van der Waals surface area (Å²) >= 11 is 1.34. The second-order valence-electron chi connectivity index (χ2n) is 6.20. The first-order valence-electron chi connectivity index (χ1n) is 7.83. The van der Waals surface area contributed by atoms with Gasteiger partial charge in [0.05, 0.1) is 11.1 Å². The number of rotatable bonds is 2. The van der Waals surface area contributed by atoms with Crippen molar-refractivity contribution in [1.82, 2.24) is 0 Å². The van der Waals surface area contributed by atoms with Gasteiger partial charge >= 0.3 is 6.18 Å². The molecule has 3 rings (SSSR count). The number of carbonyl (C=O) groups excluding carboxylic acids is 1. The topological polar surface area (TPSA) is 52.9 Å². The van der Waals surface area contributed by atoms with Crippen LogP contribution in [-0.4, -0.2) is 5.91 Å². The van der Waals surface area contributed by atoms with Gasteiger partial charge < -0.3 is 5.32 Å². The fourth-order valence-corrected chi connectivity index (χ4v) is 4.17. The summed E-state index contributed by atoms with van der Waals surface area (Å²) in [5.41, 5.74) is 0.441. The number of nitrogens with one attached hydrogen (secondary N) is 1.